The van der Waals surface area contributed by atoms with Crippen molar-refractivity contribution < 1.29 is 41.7 Å². The zero-order valence-electron chi connectivity index (χ0n) is 80.9. The highest BCUT2D eigenvalue weighted by Crippen LogP contribution is 2.46. The molecule has 0 atom stereocenters. The molecule has 6 saturated heterocycles. The fourth-order valence-electron chi connectivity index (χ4n) is 11.4. The minimum Gasteiger partial charge on any atom is -0.379 e. The van der Waals surface area contributed by atoms with Crippen molar-refractivity contribution in [1.29, 1.82) is 5.26 Å². The Labute approximate surface area is 840 Å². The van der Waals surface area contributed by atoms with Gasteiger partial charge in [-0.05, 0) is 150 Å². The average molecular weight is 2020 g/mol. The molecule has 26 heteroatoms. The molecule has 0 amide bonds. The minimum absolute atomic E-state index is 0.0787. The van der Waals surface area contributed by atoms with E-state index in [0.717, 1.165) is 129 Å². The van der Waals surface area contributed by atoms with Crippen molar-refractivity contribution in [3.8, 4) is 101 Å². The molecule has 0 unspecified atom stereocenters. The quantitative estimate of drug-likeness (QED) is 0.152. The first-order valence-electron chi connectivity index (χ1n) is 44.3. The van der Waals surface area contributed by atoms with Gasteiger partial charge in [0.2, 0.25) is 0 Å². The monoisotopic (exact) mass is 2020 g/mol. The number of ether oxygens (including phenoxy) is 6. The molecule has 0 spiro atoms. The Kier molecular flexibility index (Phi) is 38.8. The molecule has 10 aromatic rings. The highest BCUT2D eigenvalue weighted by atomic mass is 35.5. The average Bonchev–Trinajstić information content (AvgIpc) is 1.71. The summed E-state index contributed by atoms with van der Waals surface area (Å²) in [6.07, 6.45) is 0.274. The SMILES string of the molecule is CC(C)(C)c1cc(C#CC2COC2)c(C#N)s1.CC(C)(C)c1cc(C#CC2COC2)c(C(F)F)s1.CC(C)(C)c1cc(C#CC2COC2)c(Cl)s1.CC(C)(C)c1cc(C#CC2COC2)cs1.Cc1cc(C#CC2COC2)c(C2CC2)s1.Cc1noc(C#Cc2cc(C(C)(C)C)sc2Cl)n1.Cc1nsc(C#Cc2cc(C(C)(C)C)sc2Cl)n1.Cc1sc(C(C)(C)C)cc1C#CC1COC1. The molecule has 6 aliphatic heterocycles. The van der Waals surface area contributed by atoms with Gasteiger partial charge in [-0.15, -0.1) is 90.7 Å². The maximum Gasteiger partial charge on any atom is 0.302 e. The summed E-state index contributed by atoms with van der Waals surface area (Å²) in [4.78, 5) is 22.0. The van der Waals surface area contributed by atoms with Crippen LogP contribution in [0.4, 0.5) is 8.78 Å². The molecule has 704 valence electrons. The third-order valence-corrected chi connectivity index (χ3v) is 33.5. The highest BCUT2D eigenvalue weighted by Gasteiger charge is 2.31. The van der Waals surface area contributed by atoms with Crippen LogP contribution in [0.3, 0.4) is 0 Å². The molecule has 10 aromatic heterocycles. The summed E-state index contributed by atoms with van der Waals surface area (Å²) in [6, 6.07) is 19.0. The predicted octanol–water partition coefficient (Wildman–Crippen LogP) is 28.0. The Hall–Kier alpha value is -7.24. The second kappa shape index (κ2) is 47.9. The minimum atomic E-state index is -2.45. The van der Waals surface area contributed by atoms with Crippen LogP contribution < -0.4 is 0 Å². The van der Waals surface area contributed by atoms with Gasteiger partial charge in [0.25, 0.3) is 6.43 Å². The predicted molar refractivity (Wildman–Crippen MR) is 554 cm³/mol. The summed E-state index contributed by atoms with van der Waals surface area (Å²) in [7, 11) is 0. The number of halogens is 5. The Balaban J connectivity index is 0.000000158. The summed E-state index contributed by atoms with van der Waals surface area (Å²) < 4.78 is 67.7. The maximum atomic E-state index is 13.0. The number of nitriles is 1. The number of rotatable bonds is 2. The van der Waals surface area contributed by atoms with Gasteiger partial charge in [-0.3, -0.25) is 0 Å². The van der Waals surface area contributed by atoms with Gasteiger partial charge >= 0.3 is 5.89 Å². The van der Waals surface area contributed by atoms with E-state index in [0.29, 0.717) is 64.4 Å². The van der Waals surface area contributed by atoms with Crippen LogP contribution in [0.1, 0.15) is 296 Å². The van der Waals surface area contributed by atoms with Crippen molar-refractivity contribution in [3.05, 3.63) is 193 Å². The van der Waals surface area contributed by atoms with E-state index in [1.54, 1.807) is 69.7 Å². The Morgan fingerprint density at radius 2 is 0.737 bits per heavy atom. The molecule has 1 aliphatic carbocycles. The second-order valence-electron chi connectivity index (χ2n) is 40.3. The van der Waals surface area contributed by atoms with E-state index < -0.39 is 6.43 Å². The van der Waals surface area contributed by atoms with Crippen LogP contribution in [0.15, 0.2) is 58.4 Å². The van der Waals surface area contributed by atoms with Gasteiger partial charge in [-0.25, -0.2) is 13.8 Å². The van der Waals surface area contributed by atoms with Crippen LogP contribution in [0, 0.1) is 169 Å². The van der Waals surface area contributed by atoms with Gasteiger partial charge in [-0.1, -0.05) is 268 Å². The van der Waals surface area contributed by atoms with Crippen LogP contribution in [-0.4, -0.2) is 98.8 Å². The van der Waals surface area contributed by atoms with E-state index in [9.17, 15) is 8.78 Å². The lowest BCUT2D eigenvalue weighted by Crippen LogP contribution is -2.25. The Bertz CT molecular complexity index is 6020. The van der Waals surface area contributed by atoms with E-state index in [-0.39, 0.29) is 48.7 Å². The molecule has 7 fully saturated rings. The van der Waals surface area contributed by atoms with Crippen molar-refractivity contribution in [2.75, 3.05) is 79.3 Å². The summed E-state index contributed by atoms with van der Waals surface area (Å²) in [6.45, 7) is 62.5. The molecule has 1 saturated carbocycles. The standard InChI is InChI=1S/C14H16F2OS.C14H15NOS.C14H18OS.C13H13ClN2OS.C13H13ClN2S2.C13H15ClOS.C13H14OS.C13H16OS/c1-14(2,3)11-6-10(12(18-11)13(15)16)5-4-9-7-17-8-9;1-14(2,3)13-6-11(12(7-15)17-13)5-4-10-8-16-9-10;1-10-12(6-5-11-8-15-9-11)7-13(16-10)14(2,3)4;1-8-15-11(17-16-8)6-5-9-7-10(13(2,3)4)18-12(9)14;1-8-15-11(18-16-8)6-5-9-7-10(13(2,3)4)17-12(9)14;1-13(2,3)11-6-10(12(14)16-11)5-4-9-7-15-8-9;1-9-6-12(3-2-10-7-14-8-10)13(15-9)11-4-5-11;1-13(2,3)12-6-10(9-15-12)4-5-11-7-14-8-11/h6,9,13H,7-8H2,1-3H3;6,10H,8-9H2,1-3H3;7,11H,8-9H2,1-4H3;2*7H,1-4H3;6,9H,7-8H2,1-3H3;6,10-11H,4-5,7-8H2,1H3;6,9,11H,7-8H2,1-3H3. The molecule has 17 rings (SSSR count). The lowest BCUT2D eigenvalue weighted by atomic mass is 9.94. The number of hydrogen-bond donors (Lipinski definition) is 0. The van der Waals surface area contributed by atoms with Gasteiger partial charge in [-0.2, -0.15) is 14.6 Å². The summed E-state index contributed by atoms with van der Waals surface area (Å²) in [5, 5.41) is 15.7. The summed E-state index contributed by atoms with van der Waals surface area (Å²) >= 11 is 33.0. The smallest absolute Gasteiger partial charge is 0.302 e. The van der Waals surface area contributed by atoms with Crippen molar-refractivity contribution in [2.45, 2.75) is 236 Å². The zero-order chi connectivity index (χ0) is 97.1. The molecule has 0 aromatic carbocycles. The van der Waals surface area contributed by atoms with Crippen LogP contribution in [0.2, 0.25) is 13.0 Å². The topological polar surface area (TPSA) is 144 Å². The molecular formula is C107H120Cl3F2N5O7S9. The van der Waals surface area contributed by atoms with Crippen molar-refractivity contribution in [1.82, 2.24) is 19.5 Å². The third-order valence-electron chi connectivity index (χ3n) is 20.3. The van der Waals surface area contributed by atoms with Crippen molar-refractivity contribution >= 4 is 137 Å². The molecule has 0 N–H and O–H groups in total. The van der Waals surface area contributed by atoms with E-state index >= 15 is 0 Å². The van der Waals surface area contributed by atoms with Crippen LogP contribution in [0.25, 0.3) is 0 Å². The van der Waals surface area contributed by atoms with Crippen molar-refractivity contribution in [3.63, 3.8) is 0 Å². The summed E-state index contributed by atoms with van der Waals surface area (Å²) in [5.74, 6) is 54.8. The zero-order valence-corrected chi connectivity index (χ0v) is 90.5. The van der Waals surface area contributed by atoms with Crippen LogP contribution >= 0.6 is 137 Å². The number of hydrogen-bond acceptors (Lipinski definition) is 21. The molecule has 0 radical (unpaired) electrons. The first-order valence-corrected chi connectivity index (χ1v) is 52.8. The van der Waals surface area contributed by atoms with Gasteiger partial charge in [0.05, 0.1) is 142 Å². The number of thiophene rings is 8. The van der Waals surface area contributed by atoms with E-state index in [4.69, 9.17) is 73.0 Å². The normalized spacial score (nSPS) is 15.4. The Morgan fingerprint density at radius 1 is 0.376 bits per heavy atom. The summed E-state index contributed by atoms with van der Waals surface area (Å²) in [5.41, 5.74) is 8.39. The second-order valence-corrected chi connectivity index (χ2v) is 51.6. The lowest BCUT2D eigenvalue weighted by molar-refractivity contribution is -0.00305. The molecule has 7 aliphatic rings. The third kappa shape index (κ3) is 34.1. The number of aryl methyl sites for hydroxylation is 4. The van der Waals surface area contributed by atoms with Crippen molar-refractivity contribution in [2.24, 2.45) is 35.5 Å². The maximum absolute atomic E-state index is 13.0. The van der Waals surface area contributed by atoms with E-state index in [2.05, 4.69) is 301 Å². The highest BCUT2D eigenvalue weighted by molar-refractivity contribution is 7.17. The van der Waals surface area contributed by atoms with Gasteiger partial charge in [0, 0.05) is 82.3 Å². The lowest BCUT2D eigenvalue weighted by Gasteiger charge is -2.19. The number of aromatic nitrogens is 4. The fraction of sp³-hybridized carbons (Fsp3) is 0.505. The first kappa shape index (κ1) is 108. The molecular weight excluding hydrogens is 1900 g/mol. The van der Waals surface area contributed by atoms with Gasteiger partial charge in [0.1, 0.15) is 29.8 Å². The molecule has 133 heavy (non-hydrogen) atoms. The Morgan fingerprint density at radius 3 is 1.10 bits per heavy atom. The number of alkyl halides is 2. The molecule has 16 heterocycles. The van der Waals surface area contributed by atoms with Gasteiger partial charge in [0.15, 0.2) is 10.8 Å². The van der Waals surface area contributed by atoms with Crippen LogP contribution in [-0.2, 0) is 66.3 Å². The molecule has 12 nitrogen and oxygen atoms in total. The fourth-order valence-corrected chi connectivity index (χ4v) is 20.8. The largest absolute Gasteiger partial charge is 0.379 e. The van der Waals surface area contributed by atoms with E-state index in [1.165, 1.54) is 90.7 Å². The van der Waals surface area contributed by atoms with Crippen LogP contribution in [0.5, 0.6) is 0 Å². The van der Waals surface area contributed by atoms with Gasteiger partial charge < -0.3 is 32.9 Å². The molecule has 0 bridgehead atoms. The van der Waals surface area contributed by atoms with E-state index in [1.807, 2.05) is 56.4 Å². The number of nitrogens with zero attached hydrogens (tertiary/aromatic N) is 5. The first-order chi connectivity index (χ1) is 62.4.